The second-order valence-electron chi connectivity index (χ2n) is 8.69. The smallest absolute Gasteiger partial charge is 0.253 e. The van der Waals surface area contributed by atoms with Gasteiger partial charge < -0.3 is 10.6 Å². The average Bonchev–Trinajstić information content (AvgIpc) is 2.86. The zero-order chi connectivity index (χ0) is 23.8. The Kier molecular flexibility index (Phi) is 8.04. The molecule has 176 valence electrons. The fraction of sp³-hybridized carbons (Fsp3) is 0.286. The lowest BCUT2D eigenvalue weighted by Gasteiger charge is -2.32. The minimum atomic E-state index is -0.221. The summed E-state index contributed by atoms with van der Waals surface area (Å²) in [7, 11) is 0. The van der Waals surface area contributed by atoms with E-state index in [-0.39, 0.29) is 23.5 Å². The van der Waals surface area contributed by atoms with E-state index >= 15 is 0 Å². The standard InChI is InChI=1S/C28H30FN3O2/c29-25-14-6-4-11-22(25)19-32-18-8-12-23(20-32)27(33)31-26-15-7-5-13-24(26)28(34)30-17-16-21-9-2-1-3-10-21/h1-7,9-11,13-15,23H,8,12,16-20H2,(H,30,34)(H,31,33). The number of halogens is 1. The van der Waals surface area contributed by atoms with E-state index in [9.17, 15) is 14.0 Å². The van der Waals surface area contributed by atoms with Crippen LogP contribution in [0.3, 0.4) is 0 Å². The summed E-state index contributed by atoms with van der Waals surface area (Å²) in [5, 5.41) is 5.91. The van der Waals surface area contributed by atoms with Crippen LogP contribution in [0.15, 0.2) is 78.9 Å². The maximum absolute atomic E-state index is 14.0. The molecule has 3 aromatic rings. The normalized spacial score (nSPS) is 16.1. The number of benzene rings is 3. The largest absolute Gasteiger partial charge is 0.352 e. The average molecular weight is 460 g/mol. The van der Waals surface area contributed by atoms with Gasteiger partial charge in [0.05, 0.1) is 17.2 Å². The topological polar surface area (TPSA) is 61.4 Å². The Balaban J connectivity index is 1.34. The van der Waals surface area contributed by atoms with Crippen molar-refractivity contribution in [3.05, 3.63) is 101 Å². The number of nitrogens with zero attached hydrogens (tertiary/aromatic N) is 1. The second-order valence-corrected chi connectivity index (χ2v) is 8.69. The third-order valence-corrected chi connectivity index (χ3v) is 6.20. The number of carbonyl (C=O) groups is 2. The van der Waals surface area contributed by atoms with Crippen molar-refractivity contribution < 1.29 is 14.0 Å². The molecule has 4 rings (SSSR count). The lowest BCUT2D eigenvalue weighted by Crippen LogP contribution is -2.40. The van der Waals surface area contributed by atoms with Crippen LogP contribution in [0.1, 0.15) is 34.3 Å². The molecule has 2 amide bonds. The molecule has 2 N–H and O–H groups in total. The van der Waals surface area contributed by atoms with Crippen molar-refractivity contribution in [2.24, 2.45) is 5.92 Å². The van der Waals surface area contributed by atoms with Gasteiger partial charge in [0, 0.05) is 25.2 Å². The first-order valence-corrected chi connectivity index (χ1v) is 11.8. The quantitative estimate of drug-likeness (QED) is 0.516. The number of hydrogen-bond acceptors (Lipinski definition) is 3. The number of hydrogen-bond donors (Lipinski definition) is 2. The predicted molar refractivity (Wildman–Crippen MR) is 132 cm³/mol. The second kappa shape index (κ2) is 11.6. The van der Waals surface area contributed by atoms with Crippen LogP contribution < -0.4 is 10.6 Å². The van der Waals surface area contributed by atoms with Crippen LogP contribution in [0, 0.1) is 11.7 Å². The van der Waals surface area contributed by atoms with Gasteiger partial charge in [-0.3, -0.25) is 14.5 Å². The number of piperidine rings is 1. The number of amides is 2. The molecule has 34 heavy (non-hydrogen) atoms. The van der Waals surface area contributed by atoms with Gasteiger partial charge in [-0.1, -0.05) is 60.7 Å². The molecule has 5 nitrogen and oxygen atoms in total. The van der Waals surface area contributed by atoms with Crippen LogP contribution in [0.25, 0.3) is 0 Å². The van der Waals surface area contributed by atoms with Gasteiger partial charge in [0.15, 0.2) is 0 Å². The minimum absolute atomic E-state index is 0.109. The van der Waals surface area contributed by atoms with E-state index in [0.717, 1.165) is 31.4 Å². The molecule has 6 heteroatoms. The van der Waals surface area contributed by atoms with Gasteiger partial charge in [0.25, 0.3) is 5.91 Å². The zero-order valence-electron chi connectivity index (χ0n) is 19.2. The molecule has 1 unspecified atom stereocenters. The van der Waals surface area contributed by atoms with Crippen molar-refractivity contribution in [3.8, 4) is 0 Å². The highest BCUT2D eigenvalue weighted by Crippen LogP contribution is 2.23. The van der Waals surface area contributed by atoms with Crippen LogP contribution in [0.2, 0.25) is 0 Å². The summed E-state index contributed by atoms with van der Waals surface area (Å²) in [5.41, 5.74) is 2.75. The van der Waals surface area contributed by atoms with E-state index in [0.29, 0.717) is 36.4 Å². The monoisotopic (exact) mass is 459 g/mol. The van der Waals surface area contributed by atoms with Crippen molar-refractivity contribution in [1.82, 2.24) is 10.2 Å². The van der Waals surface area contributed by atoms with Crippen LogP contribution >= 0.6 is 0 Å². The summed E-state index contributed by atoms with van der Waals surface area (Å²) < 4.78 is 14.0. The first kappa shape index (κ1) is 23.6. The fourth-order valence-corrected chi connectivity index (χ4v) is 4.37. The van der Waals surface area contributed by atoms with Crippen LogP contribution in [-0.4, -0.2) is 36.3 Å². The Hall–Kier alpha value is -3.51. The van der Waals surface area contributed by atoms with Crippen LogP contribution in [0.4, 0.5) is 10.1 Å². The number of rotatable bonds is 8. The van der Waals surface area contributed by atoms with Gasteiger partial charge in [-0.2, -0.15) is 0 Å². The summed E-state index contributed by atoms with van der Waals surface area (Å²) in [6.45, 7) is 2.39. The molecule has 1 aliphatic heterocycles. The number of para-hydroxylation sites is 1. The van der Waals surface area contributed by atoms with Crippen molar-refractivity contribution in [2.45, 2.75) is 25.8 Å². The third kappa shape index (κ3) is 6.29. The molecule has 0 bridgehead atoms. The summed E-state index contributed by atoms with van der Waals surface area (Å²) >= 11 is 0. The molecule has 0 saturated carbocycles. The summed E-state index contributed by atoms with van der Waals surface area (Å²) in [6.07, 6.45) is 2.38. The van der Waals surface area contributed by atoms with E-state index in [2.05, 4.69) is 15.5 Å². The van der Waals surface area contributed by atoms with Crippen LogP contribution in [-0.2, 0) is 17.8 Å². The Morgan fingerprint density at radius 2 is 1.68 bits per heavy atom. The SMILES string of the molecule is O=C(NCCc1ccccc1)c1ccccc1NC(=O)C1CCCN(Cc2ccccc2F)C1. The number of anilines is 1. The summed E-state index contributed by atoms with van der Waals surface area (Å²) in [6, 6.07) is 23.8. The Labute approximate surface area is 200 Å². The summed E-state index contributed by atoms with van der Waals surface area (Å²) in [4.78, 5) is 28.0. The molecule has 0 radical (unpaired) electrons. The van der Waals surface area contributed by atoms with Crippen molar-refractivity contribution in [1.29, 1.82) is 0 Å². The highest BCUT2D eigenvalue weighted by atomic mass is 19.1. The Morgan fingerprint density at radius 3 is 2.50 bits per heavy atom. The molecular weight excluding hydrogens is 429 g/mol. The van der Waals surface area contributed by atoms with Crippen molar-refractivity contribution >= 4 is 17.5 Å². The lowest BCUT2D eigenvalue weighted by molar-refractivity contribution is -0.121. The summed E-state index contributed by atoms with van der Waals surface area (Å²) in [5.74, 6) is -0.754. The first-order valence-electron chi connectivity index (χ1n) is 11.8. The molecule has 3 aromatic carbocycles. The number of likely N-dealkylation sites (tertiary alicyclic amines) is 1. The zero-order valence-corrected chi connectivity index (χ0v) is 19.2. The van der Waals surface area contributed by atoms with E-state index in [1.165, 1.54) is 6.07 Å². The number of nitrogens with one attached hydrogen (secondary N) is 2. The van der Waals surface area contributed by atoms with E-state index < -0.39 is 0 Å². The van der Waals surface area contributed by atoms with Gasteiger partial charge >= 0.3 is 0 Å². The molecule has 1 fully saturated rings. The Bertz CT molecular complexity index is 1120. The van der Waals surface area contributed by atoms with E-state index in [4.69, 9.17) is 0 Å². The molecule has 1 saturated heterocycles. The van der Waals surface area contributed by atoms with Gasteiger partial charge in [-0.15, -0.1) is 0 Å². The van der Waals surface area contributed by atoms with Gasteiger partial charge in [0.2, 0.25) is 5.91 Å². The number of carbonyl (C=O) groups excluding carboxylic acids is 2. The molecule has 1 aliphatic rings. The van der Waals surface area contributed by atoms with Gasteiger partial charge in [-0.25, -0.2) is 4.39 Å². The maximum Gasteiger partial charge on any atom is 0.253 e. The minimum Gasteiger partial charge on any atom is -0.352 e. The maximum atomic E-state index is 14.0. The fourth-order valence-electron chi connectivity index (χ4n) is 4.37. The molecule has 1 heterocycles. The predicted octanol–water partition coefficient (Wildman–Crippen LogP) is 4.65. The van der Waals surface area contributed by atoms with E-state index in [1.807, 2.05) is 42.5 Å². The molecule has 0 spiro atoms. The third-order valence-electron chi connectivity index (χ3n) is 6.20. The molecule has 0 aliphatic carbocycles. The highest BCUT2D eigenvalue weighted by Gasteiger charge is 2.27. The van der Waals surface area contributed by atoms with Crippen molar-refractivity contribution in [2.75, 3.05) is 25.0 Å². The van der Waals surface area contributed by atoms with Gasteiger partial charge in [-0.05, 0) is 49.6 Å². The Morgan fingerprint density at radius 1 is 0.941 bits per heavy atom. The van der Waals surface area contributed by atoms with Crippen molar-refractivity contribution in [3.63, 3.8) is 0 Å². The molecular formula is C28H30FN3O2. The van der Waals surface area contributed by atoms with E-state index in [1.54, 1.807) is 30.3 Å². The van der Waals surface area contributed by atoms with Gasteiger partial charge in [0.1, 0.15) is 5.82 Å². The van der Waals surface area contributed by atoms with Crippen LogP contribution in [0.5, 0.6) is 0 Å². The molecule has 1 atom stereocenters. The molecule has 0 aromatic heterocycles. The lowest BCUT2D eigenvalue weighted by atomic mass is 9.96. The first-order chi connectivity index (χ1) is 16.6. The highest BCUT2D eigenvalue weighted by molar-refractivity contribution is 6.04.